The number of nitrogens with zero attached hydrogens (tertiary/aromatic N) is 1. The van der Waals surface area contributed by atoms with E-state index in [0.29, 0.717) is 5.92 Å². The fourth-order valence-electron chi connectivity index (χ4n) is 3.76. The van der Waals surface area contributed by atoms with Crippen LogP contribution >= 0.6 is 0 Å². The average Bonchev–Trinajstić information content (AvgIpc) is 2.70. The minimum Gasteiger partial charge on any atom is -0.348 e. The summed E-state index contributed by atoms with van der Waals surface area (Å²) in [6.45, 7) is 3.16. The van der Waals surface area contributed by atoms with E-state index in [1.54, 1.807) is 0 Å². The van der Waals surface area contributed by atoms with Crippen molar-refractivity contribution in [1.82, 2.24) is 0 Å². The van der Waals surface area contributed by atoms with Crippen LogP contribution in [0, 0.1) is 0 Å². The molecule has 0 bridgehead atoms. The number of benzene rings is 2. The summed E-state index contributed by atoms with van der Waals surface area (Å²) >= 11 is 0. The second kappa shape index (κ2) is 7.19. The third-order valence-electron chi connectivity index (χ3n) is 5.19. The van der Waals surface area contributed by atoms with Gasteiger partial charge in [-0.3, -0.25) is 4.90 Å². The molecule has 2 heterocycles. The fourth-order valence-corrected chi connectivity index (χ4v) is 3.76. The molecule has 0 fully saturated rings. The standard InChI is InChI=1S/C24H24N2/c1-3-26-18-16-20(22-12-5-7-14-24(22)26)10-8-9-19-15-17-25(2)23-13-6-4-11-21(19)23/h4-19H,3H2,1-2H3/p+1. The van der Waals surface area contributed by atoms with Gasteiger partial charge in [0, 0.05) is 35.5 Å². The van der Waals surface area contributed by atoms with Crippen molar-refractivity contribution in [2.45, 2.75) is 12.8 Å². The van der Waals surface area contributed by atoms with E-state index in [1.165, 1.54) is 33.0 Å². The number of para-hydroxylation sites is 2. The third kappa shape index (κ3) is 3.04. The lowest BCUT2D eigenvalue weighted by atomic mass is 9.93. The van der Waals surface area contributed by atoms with Gasteiger partial charge in [-0.15, -0.1) is 0 Å². The number of allylic oxidation sites excluding steroid dienone is 6. The van der Waals surface area contributed by atoms with Gasteiger partial charge in [-0.25, -0.2) is 0 Å². The van der Waals surface area contributed by atoms with E-state index in [4.69, 9.17) is 0 Å². The third-order valence-corrected chi connectivity index (χ3v) is 5.19. The van der Waals surface area contributed by atoms with Gasteiger partial charge in [0.1, 0.15) is 5.69 Å². The lowest BCUT2D eigenvalue weighted by molar-refractivity contribution is -0.752. The zero-order valence-corrected chi connectivity index (χ0v) is 15.4. The van der Waals surface area contributed by atoms with Crippen molar-refractivity contribution >= 4 is 16.9 Å². The number of fused-ring (bicyclic) bond motifs is 2. The number of quaternary nitrogens is 1. The summed E-state index contributed by atoms with van der Waals surface area (Å²) in [5, 5.41) is 0. The SMILES string of the molecule is CCN1C=CC(=CC=CC2C=C[NH+](C)c3ccccc32)c2ccccc21. The van der Waals surface area contributed by atoms with Gasteiger partial charge >= 0.3 is 0 Å². The first-order valence-corrected chi connectivity index (χ1v) is 9.31. The van der Waals surface area contributed by atoms with E-state index in [0.717, 1.165) is 6.54 Å². The van der Waals surface area contributed by atoms with Crippen LogP contribution in [0.2, 0.25) is 0 Å². The quantitative estimate of drug-likeness (QED) is 0.867. The van der Waals surface area contributed by atoms with Crippen LogP contribution in [0.15, 0.2) is 91.3 Å². The van der Waals surface area contributed by atoms with Crippen molar-refractivity contribution in [3.05, 3.63) is 102 Å². The molecule has 0 aliphatic carbocycles. The molecule has 4 rings (SSSR count). The van der Waals surface area contributed by atoms with E-state index in [9.17, 15) is 0 Å². The van der Waals surface area contributed by atoms with E-state index in [-0.39, 0.29) is 0 Å². The lowest BCUT2D eigenvalue weighted by Gasteiger charge is -2.26. The first-order chi connectivity index (χ1) is 12.8. The highest BCUT2D eigenvalue weighted by molar-refractivity contribution is 5.86. The maximum atomic E-state index is 2.29. The topological polar surface area (TPSA) is 7.68 Å². The molecule has 2 heteroatoms. The zero-order chi connectivity index (χ0) is 17.9. The number of hydrogen-bond donors (Lipinski definition) is 1. The Morgan fingerprint density at radius 2 is 1.88 bits per heavy atom. The van der Waals surface area contributed by atoms with Crippen molar-refractivity contribution < 1.29 is 4.90 Å². The number of nitrogens with one attached hydrogen (secondary N) is 1. The Kier molecular flexibility index (Phi) is 4.59. The highest BCUT2D eigenvalue weighted by Crippen LogP contribution is 2.33. The molecule has 0 aromatic heterocycles. The summed E-state index contributed by atoms with van der Waals surface area (Å²) < 4.78 is 0. The molecule has 2 nitrogen and oxygen atoms in total. The van der Waals surface area contributed by atoms with Gasteiger partial charge in [-0.2, -0.15) is 0 Å². The molecule has 0 saturated carbocycles. The monoisotopic (exact) mass is 341 g/mol. The molecule has 2 aromatic rings. The maximum Gasteiger partial charge on any atom is 0.139 e. The van der Waals surface area contributed by atoms with Gasteiger partial charge in [-0.05, 0) is 36.8 Å². The summed E-state index contributed by atoms with van der Waals surface area (Å²) in [5.41, 5.74) is 6.59. The van der Waals surface area contributed by atoms with Crippen LogP contribution in [0.3, 0.4) is 0 Å². The molecule has 2 aromatic carbocycles. The van der Waals surface area contributed by atoms with Crippen molar-refractivity contribution in [3.63, 3.8) is 0 Å². The molecule has 130 valence electrons. The predicted molar refractivity (Wildman–Crippen MR) is 111 cm³/mol. The summed E-state index contributed by atoms with van der Waals surface area (Å²) in [4.78, 5) is 3.63. The van der Waals surface area contributed by atoms with Gasteiger partial charge in [0.05, 0.1) is 13.2 Å². The van der Waals surface area contributed by atoms with Crippen LogP contribution in [0.4, 0.5) is 11.4 Å². The predicted octanol–water partition coefficient (Wildman–Crippen LogP) is 4.44. The smallest absolute Gasteiger partial charge is 0.139 e. The van der Waals surface area contributed by atoms with Gasteiger partial charge in [0.2, 0.25) is 0 Å². The lowest BCUT2D eigenvalue weighted by Crippen LogP contribution is -2.99. The molecule has 0 radical (unpaired) electrons. The van der Waals surface area contributed by atoms with Crippen LogP contribution < -0.4 is 9.80 Å². The first-order valence-electron chi connectivity index (χ1n) is 9.31. The summed E-state index contributed by atoms with van der Waals surface area (Å²) in [6.07, 6.45) is 15.6. The normalized spacial score (nSPS) is 22.7. The van der Waals surface area contributed by atoms with E-state index >= 15 is 0 Å². The zero-order valence-electron chi connectivity index (χ0n) is 15.4. The average molecular weight is 341 g/mol. The van der Waals surface area contributed by atoms with Gasteiger partial charge < -0.3 is 4.90 Å². The Morgan fingerprint density at radius 3 is 2.77 bits per heavy atom. The molecule has 0 spiro atoms. The maximum absolute atomic E-state index is 2.29. The molecular weight excluding hydrogens is 316 g/mol. The van der Waals surface area contributed by atoms with Crippen molar-refractivity contribution in [2.75, 3.05) is 18.5 Å². The molecule has 26 heavy (non-hydrogen) atoms. The Morgan fingerprint density at radius 1 is 1.08 bits per heavy atom. The summed E-state index contributed by atoms with van der Waals surface area (Å²) in [5.74, 6) is 0.335. The van der Waals surface area contributed by atoms with Gasteiger partial charge in [-0.1, -0.05) is 54.6 Å². The van der Waals surface area contributed by atoms with Crippen molar-refractivity contribution in [3.8, 4) is 0 Å². The van der Waals surface area contributed by atoms with Gasteiger partial charge in [0.15, 0.2) is 0 Å². The molecule has 2 aliphatic rings. The summed E-state index contributed by atoms with van der Waals surface area (Å²) in [7, 11) is 2.18. The van der Waals surface area contributed by atoms with Crippen LogP contribution in [0.1, 0.15) is 24.0 Å². The van der Waals surface area contributed by atoms with E-state index in [2.05, 4.69) is 110 Å². The number of rotatable bonds is 3. The molecule has 1 N–H and O–H groups in total. The fraction of sp³-hybridized carbons (Fsp3) is 0.167. The highest BCUT2D eigenvalue weighted by atomic mass is 15.1. The molecule has 2 atom stereocenters. The van der Waals surface area contributed by atoms with E-state index in [1.807, 2.05) is 0 Å². The first kappa shape index (κ1) is 16.6. The van der Waals surface area contributed by atoms with E-state index < -0.39 is 0 Å². The Hall–Kier alpha value is -2.84. The summed E-state index contributed by atoms with van der Waals surface area (Å²) in [6, 6.07) is 17.3. The highest BCUT2D eigenvalue weighted by Gasteiger charge is 2.20. The Labute approximate surface area is 156 Å². The van der Waals surface area contributed by atoms with Crippen molar-refractivity contribution in [1.29, 1.82) is 0 Å². The number of anilines is 1. The molecule has 2 unspecified atom stereocenters. The number of hydrogen-bond acceptors (Lipinski definition) is 1. The van der Waals surface area contributed by atoms with Crippen LogP contribution in [0.5, 0.6) is 0 Å². The Bertz CT molecular complexity index is 917. The minimum absolute atomic E-state index is 0.335. The molecule has 0 amide bonds. The second-order valence-corrected chi connectivity index (χ2v) is 6.78. The van der Waals surface area contributed by atoms with Crippen LogP contribution in [-0.2, 0) is 0 Å². The molecular formula is C24H25N2+. The molecule has 0 saturated heterocycles. The minimum atomic E-state index is 0.335. The van der Waals surface area contributed by atoms with Crippen molar-refractivity contribution in [2.24, 2.45) is 0 Å². The van der Waals surface area contributed by atoms with Crippen LogP contribution in [-0.4, -0.2) is 13.6 Å². The molecule has 2 aliphatic heterocycles. The second-order valence-electron chi connectivity index (χ2n) is 6.78. The van der Waals surface area contributed by atoms with Crippen LogP contribution in [0.25, 0.3) is 5.57 Å². The van der Waals surface area contributed by atoms with Gasteiger partial charge in [0.25, 0.3) is 0 Å². The largest absolute Gasteiger partial charge is 0.348 e. The Balaban J connectivity index is 1.62.